The van der Waals surface area contributed by atoms with Crippen molar-refractivity contribution in [1.29, 1.82) is 0 Å². The summed E-state index contributed by atoms with van der Waals surface area (Å²) in [5.41, 5.74) is 3.02. The van der Waals surface area contributed by atoms with Gasteiger partial charge in [0, 0.05) is 18.8 Å². The van der Waals surface area contributed by atoms with Crippen LogP contribution in [0.5, 0.6) is 0 Å². The van der Waals surface area contributed by atoms with Crippen molar-refractivity contribution in [2.24, 2.45) is 0 Å². The Hall–Kier alpha value is -2.66. The molecule has 0 saturated carbocycles. The van der Waals surface area contributed by atoms with Crippen LogP contribution in [0, 0.1) is 6.92 Å². The lowest BCUT2D eigenvalue weighted by molar-refractivity contribution is -0.133. The zero-order valence-electron chi connectivity index (χ0n) is 17.2. The number of piperidine rings is 1. The van der Waals surface area contributed by atoms with Gasteiger partial charge in [0.25, 0.3) is 5.91 Å². The molecule has 29 heavy (non-hydrogen) atoms. The quantitative estimate of drug-likeness (QED) is 0.643. The largest absolute Gasteiger partial charge is 0.371 e. The maximum atomic E-state index is 12.9. The van der Waals surface area contributed by atoms with Crippen molar-refractivity contribution >= 4 is 17.5 Å². The van der Waals surface area contributed by atoms with E-state index >= 15 is 0 Å². The molecule has 0 aromatic heterocycles. The van der Waals surface area contributed by atoms with E-state index in [-0.39, 0.29) is 25.0 Å². The number of likely N-dealkylation sites (tertiary alicyclic amines) is 1. The van der Waals surface area contributed by atoms with Crippen LogP contribution in [0.15, 0.2) is 54.6 Å². The smallest absolute Gasteiger partial charge is 0.253 e. The minimum absolute atomic E-state index is 0.00269. The van der Waals surface area contributed by atoms with Gasteiger partial charge in [0.2, 0.25) is 5.91 Å². The molecule has 1 saturated heterocycles. The highest BCUT2D eigenvalue weighted by molar-refractivity contribution is 5.99. The molecule has 0 spiro atoms. The van der Waals surface area contributed by atoms with Crippen LogP contribution in [0.1, 0.15) is 30.4 Å². The highest BCUT2D eigenvalue weighted by Crippen LogP contribution is 2.17. The molecule has 3 rings (SSSR count). The molecule has 1 heterocycles. The van der Waals surface area contributed by atoms with E-state index in [0.29, 0.717) is 6.61 Å². The molecule has 2 aromatic rings. The van der Waals surface area contributed by atoms with Crippen LogP contribution in [0.4, 0.5) is 5.69 Å². The molecule has 0 unspecified atom stereocenters. The third kappa shape index (κ3) is 6.43. The Kier molecular flexibility index (Phi) is 7.82. The summed E-state index contributed by atoms with van der Waals surface area (Å²) in [6.45, 7) is 4.06. The molecule has 0 aliphatic carbocycles. The molecule has 0 radical (unpaired) electrons. The lowest BCUT2D eigenvalue weighted by Crippen LogP contribution is -2.45. The van der Waals surface area contributed by atoms with Gasteiger partial charge in [-0.2, -0.15) is 0 Å². The number of hydrogen-bond acceptors (Lipinski definition) is 3. The maximum Gasteiger partial charge on any atom is 0.253 e. The van der Waals surface area contributed by atoms with E-state index in [4.69, 9.17) is 4.74 Å². The van der Waals surface area contributed by atoms with Crippen LogP contribution in [0.25, 0.3) is 0 Å². The number of anilines is 1. The molecule has 0 atom stereocenters. The van der Waals surface area contributed by atoms with Crippen molar-refractivity contribution in [2.75, 3.05) is 37.7 Å². The number of amides is 2. The molecule has 0 bridgehead atoms. The second-order valence-electron chi connectivity index (χ2n) is 7.55. The summed E-state index contributed by atoms with van der Waals surface area (Å²) in [6.07, 6.45) is 3.99. The molecule has 154 valence electrons. The zero-order valence-corrected chi connectivity index (χ0v) is 17.2. The highest BCUT2D eigenvalue weighted by Gasteiger charge is 2.23. The van der Waals surface area contributed by atoms with E-state index in [1.807, 2.05) is 66.4 Å². The van der Waals surface area contributed by atoms with Crippen LogP contribution in [0.3, 0.4) is 0 Å². The molecule has 1 fully saturated rings. The van der Waals surface area contributed by atoms with Gasteiger partial charge in [-0.1, -0.05) is 48.0 Å². The van der Waals surface area contributed by atoms with Crippen LogP contribution in [-0.4, -0.2) is 49.6 Å². The summed E-state index contributed by atoms with van der Waals surface area (Å²) in [5, 5.41) is 0. The first-order valence-electron chi connectivity index (χ1n) is 10.4. The average molecular weight is 395 g/mol. The third-order valence-corrected chi connectivity index (χ3v) is 5.25. The van der Waals surface area contributed by atoms with Gasteiger partial charge in [0.15, 0.2) is 0 Å². The third-order valence-electron chi connectivity index (χ3n) is 5.25. The fraction of sp³-hybridized carbons (Fsp3) is 0.417. The van der Waals surface area contributed by atoms with Crippen LogP contribution < -0.4 is 4.90 Å². The highest BCUT2D eigenvalue weighted by atomic mass is 16.5. The molecule has 5 heteroatoms. The number of nitrogens with zero attached hydrogens (tertiary/aromatic N) is 2. The SMILES string of the molecule is Cc1ccc(N(CC(=O)N2CCCCC2)C(=O)COCCc2ccccc2)cc1. The van der Waals surface area contributed by atoms with Gasteiger partial charge in [-0.05, 0) is 50.3 Å². The first kappa shape index (κ1) is 21.1. The summed E-state index contributed by atoms with van der Waals surface area (Å²) in [7, 11) is 0. The van der Waals surface area contributed by atoms with E-state index in [2.05, 4.69) is 0 Å². The molecule has 2 aromatic carbocycles. The Morgan fingerprint density at radius 1 is 0.966 bits per heavy atom. The van der Waals surface area contributed by atoms with Gasteiger partial charge in [-0.15, -0.1) is 0 Å². The van der Waals surface area contributed by atoms with E-state index in [0.717, 1.165) is 43.6 Å². The number of carbonyl (C=O) groups excluding carboxylic acids is 2. The average Bonchev–Trinajstić information content (AvgIpc) is 2.77. The standard InChI is InChI=1S/C24H30N2O3/c1-20-10-12-22(13-11-20)26(18-23(27)25-15-6-3-7-16-25)24(28)19-29-17-14-21-8-4-2-5-9-21/h2,4-5,8-13H,3,6-7,14-19H2,1H3. The van der Waals surface area contributed by atoms with Crippen molar-refractivity contribution in [3.63, 3.8) is 0 Å². The lowest BCUT2D eigenvalue weighted by atomic mass is 10.1. The first-order chi connectivity index (χ1) is 14.1. The Morgan fingerprint density at radius 3 is 2.34 bits per heavy atom. The molecule has 2 amide bonds. The predicted octanol–water partition coefficient (Wildman–Crippen LogP) is 3.60. The second kappa shape index (κ2) is 10.8. The predicted molar refractivity (Wildman–Crippen MR) is 115 cm³/mol. The van der Waals surface area contributed by atoms with E-state index in [1.54, 1.807) is 4.90 Å². The lowest BCUT2D eigenvalue weighted by Gasteiger charge is -2.30. The number of benzene rings is 2. The van der Waals surface area contributed by atoms with Crippen LogP contribution in [0.2, 0.25) is 0 Å². The Bertz CT molecular complexity index is 784. The monoisotopic (exact) mass is 394 g/mol. The van der Waals surface area contributed by atoms with Crippen LogP contribution >= 0.6 is 0 Å². The number of ether oxygens (including phenoxy) is 1. The summed E-state index contributed by atoms with van der Waals surface area (Å²) >= 11 is 0. The molecule has 0 N–H and O–H groups in total. The Labute approximate surface area is 173 Å². The van der Waals surface area contributed by atoms with Gasteiger partial charge in [-0.25, -0.2) is 0 Å². The van der Waals surface area contributed by atoms with Crippen molar-refractivity contribution < 1.29 is 14.3 Å². The van der Waals surface area contributed by atoms with E-state index < -0.39 is 0 Å². The van der Waals surface area contributed by atoms with Crippen molar-refractivity contribution in [3.8, 4) is 0 Å². The second-order valence-corrected chi connectivity index (χ2v) is 7.55. The van der Waals surface area contributed by atoms with Crippen molar-refractivity contribution in [1.82, 2.24) is 4.90 Å². The summed E-state index contributed by atoms with van der Waals surface area (Å²) in [4.78, 5) is 29.1. The first-order valence-corrected chi connectivity index (χ1v) is 10.4. The van der Waals surface area contributed by atoms with Crippen molar-refractivity contribution in [2.45, 2.75) is 32.6 Å². The van der Waals surface area contributed by atoms with E-state index in [9.17, 15) is 9.59 Å². The van der Waals surface area contributed by atoms with Gasteiger partial charge in [0.1, 0.15) is 13.2 Å². The number of hydrogen-bond donors (Lipinski definition) is 0. The molecule has 1 aliphatic heterocycles. The Balaban J connectivity index is 1.59. The fourth-order valence-corrected chi connectivity index (χ4v) is 3.50. The van der Waals surface area contributed by atoms with Gasteiger partial charge in [-0.3, -0.25) is 9.59 Å². The molecular weight excluding hydrogens is 364 g/mol. The topological polar surface area (TPSA) is 49.9 Å². The Morgan fingerprint density at radius 2 is 1.66 bits per heavy atom. The van der Waals surface area contributed by atoms with Gasteiger partial charge < -0.3 is 14.5 Å². The number of carbonyl (C=O) groups is 2. The summed E-state index contributed by atoms with van der Waals surface area (Å²) < 4.78 is 5.64. The normalized spacial score (nSPS) is 13.9. The molecule has 5 nitrogen and oxygen atoms in total. The van der Waals surface area contributed by atoms with Gasteiger partial charge in [0.05, 0.1) is 6.61 Å². The van der Waals surface area contributed by atoms with Crippen molar-refractivity contribution in [3.05, 3.63) is 65.7 Å². The van der Waals surface area contributed by atoms with Gasteiger partial charge >= 0.3 is 0 Å². The minimum Gasteiger partial charge on any atom is -0.371 e. The number of aryl methyl sites for hydroxylation is 1. The minimum atomic E-state index is -0.188. The van der Waals surface area contributed by atoms with Crippen LogP contribution in [-0.2, 0) is 20.7 Å². The molecular formula is C24H30N2O3. The fourth-order valence-electron chi connectivity index (χ4n) is 3.50. The zero-order chi connectivity index (χ0) is 20.5. The molecule has 1 aliphatic rings. The van der Waals surface area contributed by atoms with E-state index in [1.165, 1.54) is 12.0 Å². The number of rotatable bonds is 8. The summed E-state index contributed by atoms with van der Waals surface area (Å²) in [6, 6.07) is 17.7. The summed E-state index contributed by atoms with van der Waals surface area (Å²) in [5.74, 6) is -0.185. The maximum absolute atomic E-state index is 12.9.